The van der Waals surface area contributed by atoms with Crippen LogP contribution in [0.4, 0.5) is 16.2 Å². The molecule has 0 atom stereocenters. The lowest BCUT2D eigenvalue weighted by molar-refractivity contribution is 0.0974. The lowest BCUT2D eigenvalue weighted by atomic mass is 10.1. The van der Waals surface area contributed by atoms with Gasteiger partial charge in [0.15, 0.2) is 5.78 Å². The summed E-state index contributed by atoms with van der Waals surface area (Å²) in [6.45, 7) is 4.96. The molecule has 154 valence electrons. The normalized spacial score (nSPS) is 14.6. The number of benzene rings is 2. The Hall–Kier alpha value is -2.51. The summed E-state index contributed by atoms with van der Waals surface area (Å²) in [5.41, 5.74) is 7.71. The van der Waals surface area contributed by atoms with Gasteiger partial charge < -0.3 is 16.0 Å². The van der Waals surface area contributed by atoms with Crippen LogP contribution in [0.3, 0.4) is 0 Å². The first-order valence-corrected chi connectivity index (χ1v) is 11.1. The number of hydrogen-bond donors (Lipinski definition) is 2. The number of amides is 2. The van der Waals surface area contributed by atoms with Gasteiger partial charge in [0, 0.05) is 48.7 Å². The molecule has 0 saturated carbocycles. The first-order chi connectivity index (χ1) is 14.1. The van der Waals surface area contributed by atoms with E-state index in [-0.39, 0.29) is 5.78 Å². The van der Waals surface area contributed by atoms with Crippen LogP contribution < -0.4 is 16.0 Å². The SMILES string of the molecule is CSc1ccc(C(=O)CCCN2CCN(c3ccccc3)CC2)cc1NC(N)=O. The van der Waals surface area contributed by atoms with Crippen LogP contribution in [-0.4, -0.2) is 55.7 Å². The fourth-order valence-electron chi connectivity index (χ4n) is 3.59. The number of Topliss-reactive ketones (excluding diaryl/α,β-unsaturated/α-hetero) is 1. The van der Waals surface area contributed by atoms with Gasteiger partial charge in [0.1, 0.15) is 0 Å². The first-order valence-electron chi connectivity index (χ1n) is 9.87. The predicted octanol–water partition coefficient (Wildman–Crippen LogP) is 3.68. The van der Waals surface area contributed by atoms with Crippen molar-refractivity contribution in [1.82, 2.24) is 4.90 Å². The third kappa shape index (κ3) is 5.98. The number of anilines is 2. The van der Waals surface area contributed by atoms with E-state index in [0.29, 0.717) is 17.7 Å². The number of nitrogens with one attached hydrogen (secondary N) is 1. The molecule has 1 aliphatic heterocycles. The van der Waals surface area contributed by atoms with Gasteiger partial charge in [0.05, 0.1) is 5.69 Å². The summed E-state index contributed by atoms with van der Waals surface area (Å²) in [5, 5.41) is 2.60. The molecule has 2 aromatic rings. The second-order valence-corrected chi connectivity index (χ2v) is 7.94. The van der Waals surface area contributed by atoms with Crippen molar-refractivity contribution in [2.24, 2.45) is 5.73 Å². The third-order valence-electron chi connectivity index (χ3n) is 5.15. The van der Waals surface area contributed by atoms with E-state index < -0.39 is 6.03 Å². The quantitative estimate of drug-likeness (QED) is 0.511. The van der Waals surface area contributed by atoms with E-state index >= 15 is 0 Å². The highest BCUT2D eigenvalue weighted by Gasteiger charge is 2.17. The average Bonchev–Trinajstić information content (AvgIpc) is 2.74. The summed E-state index contributed by atoms with van der Waals surface area (Å²) in [6.07, 6.45) is 3.24. The Morgan fingerprint density at radius 1 is 1.07 bits per heavy atom. The highest BCUT2D eigenvalue weighted by Crippen LogP contribution is 2.27. The number of nitrogens with two attached hydrogens (primary N) is 1. The van der Waals surface area contributed by atoms with Gasteiger partial charge in [-0.05, 0) is 43.5 Å². The topological polar surface area (TPSA) is 78.7 Å². The minimum absolute atomic E-state index is 0.0908. The van der Waals surface area contributed by atoms with Crippen LogP contribution in [0.25, 0.3) is 0 Å². The van der Waals surface area contributed by atoms with Crippen molar-refractivity contribution in [3.63, 3.8) is 0 Å². The largest absolute Gasteiger partial charge is 0.369 e. The van der Waals surface area contributed by atoms with E-state index in [9.17, 15) is 9.59 Å². The molecule has 0 radical (unpaired) electrons. The maximum absolute atomic E-state index is 12.6. The molecule has 1 saturated heterocycles. The van der Waals surface area contributed by atoms with Crippen molar-refractivity contribution < 1.29 is 9.59 Å². The molecule has 1 heterocycles. The Labute approximate surface area is 176 Å². The van der Waals surface area contributed by atoms with Crippen LogP contribution >= 0.6 is 11.8 Å². The maximum atomic E-state index is 12.6. The number of rotatable bonds is 8. The average molecular weight is 413 g/mol. The zero-order valence-electron chi connectivity index (χ0n) is 16.8. The number of piperazine rings is 1. The van der Waals surface area contributed by atoms with E-state index in [1.807, 2.05) is 24.5 Å². The molecular weight excluding hydrogens is 384 g/mol. The molecule has 7 heteroatoms. The Morgan fingerprint density at radius 3 is 2.45 bits per heavy atom. The third-order valence-corrected chi connectivity index (χ3v) is 5.95. The van der Waals surface area contributed by atoms with Gasteiger partial charge in [0.25, 0.3) is 0 Å². The van der Waals surface area contributed by atoms with Gasteiger partial charge in [-0.15, -0.1) is 11.8 Å². The van der Waals surface area contributed by atoms with Crippen molar-refractivity contribution in [3.05, 3.63) is 54.1 Å². The van der Waals surface area contributed by atoms with Crippen molar-refractivity contribution in [1.29, 1.82) is 0 Å². The number of para-hydroxylation sites is 1. The summed E-state index contributed by atoms with van der Waals surface area (Å²) in [6, 6.07) is 15.3. The van der Waals surface area contributed by atoms with E-state index in [4.69, 9.17) is 5.73 Å². The standard InChI is InChI=1S/C22H28N4O2S/c1-29-21-10-9-17(16-19(21)24-22(23)28)20(27)8-5-11-25-12-14-26(15-13-25)18-6-3-2-4-7-18/h2-4,6-7,9-10,16H,5,8,11-15H2,1H3,(H3,23,24,28). The second kappa shape index (κ2) is 10.3. The van der Waals surface area contributed by atoms with Gasteiger partial charge in [-0.25, -0.2) is 4.79 Å². The Kier molecular flexibility index (Phi) is 7.55. The van der Waals surface area contributed by atoms with Crippen molar-refractivity contribution >= 4 is 35.0 Å². The number of carbonyl (C=O) groups excluding carboxylic acids is 2. The molecule has 1 aliphatic rings. The number of nitrogens with zero attached hydrogens (tertiary/aromatic N) is 2. The van der Waals surface area contributed by atoms with Crippen LogP contribution in [0, 0.1) is 0 Å². The Morgan fingerprint density at radius 2 is 1.79 bits per heavy atom. The van der Waals surface area contributed by atoms with Crippen molar-refractivity contribution in [2.45, 2.75) is 17.7 Å². The van der Waals surface area contributed by atoms with Crippen LogP contribution in [-0.2, 0) is 0 Å². The number of primary amides is 1. The highest BCUT2D eigenvalue weighted by molar-refractivity contribution is 7.98. The number of hydrogen-bond acceptors (Lipinski definition) is 5. The first kappa shape index (κ1) is 21.2. The van der Waals surface area contributed by atoms with Crippen LogP contribution in [0.5, 0.6) is 0 Å². The fraction of sp³-hybridized carbons (Fsp3) is 0.364. The molecule has 2 amide bonds. The summed E-state index contributed by atoms with van der Waals surface area (Å²) in [7, 11) is 0. The molecule has 1 fully saturated rings. The zero-order valence-corrected chi connectivity index (χ0v) is 17.6. The summed E-state index contributed by atoms with van der Waals surface area (Å²) >= 11 is 1.50. The number of ketones is 1. The molecule has 0 unspecified atom stereocenters. The van der Waals surface area contributed by atoms with Crippen LogP contribution in [0.1, 0.15) is 23.2 Å². The molecule has 3 rings (SSSR count). The molecule has 29 heavy (non-hydrogen) atoms. The molecular formula is C22H28N4O2S. The number of urea groups is 1. The molecule has 0 bridgehead atoms. The van der Waals surface area contributed by atoms with Crippen molar-refractivity contribution in [2.75, 3.05) is 49.2 Å². The van der Waals surface area contributed by atoms with E-state index in [0.717, 1.165) is 44.0 Å². The number of thioether (sulfide) groups is 1. The van der Waals surface area contributed by atoms with Crippen molar-refractivity contribution in [3.8, 4) is 0 Å². The van der Waals surface area contributed by atoms with E-state index in [1.165, 1.54) is 17.4 Å². The second-order valence-electron chi connectivity index (χ2n) is 7.10. The summed E-state index contributed by atoms with van der Waals surface area (Å²) in [5.74, 6) is 0.0908. The van der Waals surface area contributed by atoms with Gasteiger partial charge >= 0.3 is 6.03 Å². The lowest BCUT2D eigenvalue weighted by Gasteiger charge is -2.36. The molecule has 0 aromatic heterocycles. The summed E-state index contributed by atoms with van der Waals surface area (Å²) in [4.78, 5) is 29.5. The minimum Gasteiger partial charge on any atom is -0.369 e. The molecule has 2 aromatic carbocycles. The number of carbonyl (C=O) groups is 2. The van der Waals surface area contributed by atoms with Crippen LogP contribution in [0.2, 0.25) is 0 Å². The summed E-state index contributed by atoms with van der Waals surface area (Å²) < 4.78 is 0. The molecule has 0 aliphatic carbocycles. The molecule has 6 nitrogen and oxygen atoms in total. The smallest absolute Gasteiger partial charge is 0.316 e. The fourth-order valence-corrected chi connectivity index (χ4v) is 4.12. The molecule has 3 N–H and O–H groups in total. The minimum atomic E-state index is -0.625. The highest BCUT2D eigenvalue weighted by atomic mass is 32.2. The zero-order chi connectivity index (χ0) is 20.6. The monoisotopic (exact) mass is 412 g/mol. The van der Waals surface area contributed by atoms with Gasteiger partial charge in [-0.2, -0.15) is 0 Å². The van der Waals surface area contributed by atoms with Crippen LogP contribution in [0.15, 0.2) is 53.4 Å². The van der Waals surface area contributed by atoms with Gasteiger partial charge in [0.2, 0.25) is 0 Å². The molecule has 0 spiro atoms. The van der Waals surface area contributed by atoms with Gasteiger partial charge in [-0.1, -0.05) is 24.3 Å². The Balaban J connectivity index is 1.46. The Bertz CT molecular complexity index is 836. The van der Waals surface area contributed by atoms with E-state index in [1.54, 1.807) is 6.07 Å². The van der Waals surface area contributed by atoms with E-state index in [2.05, 4.69) is 39.4 Å². The maximum Gasteiger partial charge on any atom is 0.316 e. The predicted molar refractivity (Wildman–Crippen MR) is 120 cm³/mol. The van der Waals surface area contributed by atoms with Gasteiger partial charge in [-0.3, -0.25) is 9.69 Å². The lowest BCUT2D eigenvalue weighted by Crippen LogP contribution is -2.46.